The van der Waals surface area contributed by atoms with Crippen molar-refractivity contribution in [3.8, 4) is 0 Å². The summed E-state index contributed by atoms with van der Waals surface area (Å²) in [6.07, 6.45) is 5.33. The number of esters is 1. The second-order valence-electron chi connectivity index (χ2n) is 6.89. The summed E-state index contributed by atoms with van der Waals surface area (Å²) in [5.74, 6) is 0.522. The Morgan fingerprint density at radius 2 is 2.00 bits per heavy atom. The molecule has 0 radical (unpaired) electrons. The zero-order chi connectivity index (χ0) is 15.9. The van der Waals surface area contributed by atoms with Crippen LogP contribution < -0.4 is 5.32 Å². The predicted molar refractivity (Wildman–Crippen MR) is 85.3 cm³/mol. The molecule has 0 aliphatic heterocycles. The molecule has 4 heteroatoms. The van der Waals surface area contributed by atoms with E-state index in [-0.39, 0.29) is 12.1 Å². The summed E-state index contributed by atoms with van der Waals surface area (Å²) in [5.41, 5.74) is -0.568. The quantitative estimate of drug-likeness (QED) is 0.470. The molecule has 0 amide bonds. The van der Waals surface area contributed by atoms with Crippen LogP contribution in [0.5, 0.6) is 0 Å². The molecule has 124 valence electrons. The Morgan fingerprint density at radius 3 is 2.52 bits per heavy atom. The summed E-state index contributed by atoms with van der Waals surface area (Å²) in [4.78, 5) is 12.2. The summed E-state index contributed by atoms with van der Waals surface area (Å²) in [6.45, 7) is 11.5. The minimum Gasteiger partial charge on any atom is -0.465 e. The fourth-order valence-corrected chi connectivity index (χ4v) is 2.64. The van der Waals surface area contributed by atoms with Gasteiger partial charge in [-0.1, -0.05) is 13.8 Å². The molecule has 0 saturated heterocycles. The molecule has 0 spiro atoms. The zero-order valence-corrected chi connectivity index (χ0v) is 14.4. The Labute approximate surface area is 130 Å². The van der Waals surface area contributed by atoms with Gasteiger partial charge < -0.3 is 9.47 Å². The molecule has 1 rings (SSSR count). The van der Waals surface area contributed by atoms with E-state index in [1.54, 1.807) is 0 Å². The number of carbonyl (C=O) groups excluding carboxylic acids is 1. The molecular weight excluding hydrogens is 266 g/mol. The van der Waals surface area contributed by atoms with E-state index in [0.717, 1.165) is 32.1 Å². The number of hydrogen-bond acceptors (Lipinski definition) is 4. The first-order valence-corrected chi connectivity index (χ1v) is 8.44. The van der Waals surface area contributed by atoms with Crippen molar-refractivity contribution in [3.63, 3.8) is 0 Å². The van der Waals surface area contributed by atoms with Gasteiger partial charge in [0.05, 0.1) is 12.7 Å². The van der Waals surface area contributed by atoms with Gasteiger partial charge in [0.1, 0.15) is 5.54 Å². The minimum atomic E-state index is -0.568. The summed E-state index contributed by atoms with van der Waals surface area (Å²) in [5, 5.41) is 3.44. The van der Waals surface area contributed by atoms with Gasteiger partial charge in [0, 0.05) is 12.6 Å². The van der Waals surface area contributed by atoms with Crippen LogP contribution in [0.25, 0.3) is 0 Å². The molecule has 0 aromatic heterocycles. The number of nitrogens with one attached hydrogen (secondary N) is 1. The third-order valence-electron chi connectivity index (χ3n) is 3.85. The van der Waals surface area contributed by atoms with Crippen LogP contribution in [-0.4, -0.2) is 36.9 Å². The molecule has 2 unspecified atom stereocenters. The van der Waals surface area contributed by atoms with E-state index in [2.05, 4.69) is 26.1 Å². The SMILES string of the molecule is CCOC(=O)C(C)(CCCOC(C)CC(C)C)NC1CC1. The highest BCUT2D eigenvalue weighted by Gasteiger charge is 2.39. The summed E-state index contributed by atoms with van der Waals surface area (Å²) >= 11 is 0. The molecule has 1 aliphatic rings. The van der Waals surface area contributed by atoms with Crippen LogP contribution in [0, 0.1) is 5.92 Å². The van der Waals surface area contributed by atoms with E-state index in [9.17, 15) is 4.79 Å². The Morgan fingerprint density at radius 1 is 1.33 bits per heavy atom. The third kappa shape index (κ3) is 7.28. The molecule has 0 aromatic rings. The van der Waals surface area contributed by atoms with Crippen molar-refractivity contribution in [1.29, 1.82) is 0 Å². The zero-order valence-electron chi connectivity index (χ0n) is 14.4. The standard InChI is InChI=1S/C17H33NO3/c1-6-20-16(19)17(5,18-15-8-9-15)10-7-11-21-14(4)12-13(2)3/h13-15,18H,6-12H2,1-5H3. The highest BCUT2D eigenvalue weighted by molar-refractivity contribution is 5.80. The van der Waals surface area contributed by atoms with Crippen LogP contribution in [-0.2, 0) is 14.3 Å². The van der Waals surface area contributed by atoms with Crippen LogP contribution in [0.15, 0.2) is 0 Å². The van der Waals surface area contributed by atoms with Gasteiger partial charge in [0.2, 0.25) is 0 Å². The topological polar surface area (TPSA) is 47.6 Å². The average Bonchev–Trinajstić information content (AvgIpc) is 3.18. The van der Waals surface area contributed by atoms with Gasteiger partial charge in [-0.05, 0) is 58.8 Å². The van der Waals surface area contributed by atoms with Gasteiger partial charge in [-0.15, -0.1) is 0 Å². The Hall–Kier alpha value is -0.610. The Balaban J connectivity index is 2.33. The number of hydrogen-bond donors (Lipinski definition) is 1. The van der Waals surface area contributed by atoms with E-state index in [1.165, 1.54) is 0 Å². The molecule has 2 atom stereocenters. The van der Waals surface area contributed by atoms with Crippen molar-refractivity contribution in [3.05, 3.63) is 0 Å². The normalized spacial score (nSPS) is 19.3. The van der Waals surface area contributed by atoms with E-state index < -0.39 is 5.54 Å². The molecule has 1 fully saturated rings. The number of carbonyl (C=O) groups is 1. The van der Waals surface area contributed by atoms with E-state index in [4.69, 9.17) is 9.47 Å². The van der Waals surface area contributed by atoms with Crippen LogP contribution >= 0.6 is 0 Å². The second-order valence-corrected chi connectivity index (χ2v) is 6.89. The first-order valence-electron chi connectivity index (χ1n) is 8.44. The van der Waals surface area contributed by atoms with Gasteiger partial charge >= 0.3 is 5.97 Å². The van der Waals surface area contributed by atoms with Crippen LogP contribution in [0.2, 0.25) is 0 Å². The fourth-order valence-electron chi connectivity index (χ4n) is 2.64. The maximum absolute atomic E-state index is 12.2. The summed E-state index contributed by atoms with van der Waals surface area (Å²) < 4.78 is 11.1. The number of ether oxygens (including phenoxy) is 2. The van der Waals surface area contributed by atoms with Crippen molar-refractivity contribution in [2.24, 2.45) is 5.92 Å². The maximum atomic E-state index is 12.2. The molecule has 1 saturated carbocycles. The minimum absolute atomic E-state index is 0.132. The van der Waals surface area contributed by atoms with Crippen molar-refractivity contribution in [1.82, 2.24) is 5.32 Å². The number of rotatable bonds is 11. The lowest BCUT2D eigenvalue weighted by Crippen LogP contribution is -2.51. The molecule has 0 heterocycles. The summed E-state index contributed by atoms with van der Waals surface area (Å²) in [7, 11) is 0. The molecule has 21 heavy (non-hydrogen) atoms. The third-order valence-corrected chi connectivity index (χ3v) is 3.85. The lowest BCUT2D eigenvalue weighted by Gasteiger charge is -2.29. The highest BCUT2D eigenvalue weighted by atomic mass is 16.5. The molecule has 0 bridgehead atoms. The van der Waals surface area contributed by atoms with Crippen molar-refractivity contribution >= 4 is 5.97 Å². The molecule has 0 aromatic carbocycles. The maximum Gasteiger partial charge on any atom is 0.326 e. The van der Waals surface area contributed by atoms with Crippen molar-refractivity contribution in [2.45, 2.75) is 84.4 Å². The Bertz CT molecular complexity index is 315. The van der Waals surface area contributed by atoms with Gasteiger partial charge in [-0.25, -0.2) is 0 Å². The van der Waals surface area contributed by atoms with Crippen LogP contribution in [0.4, 0.5) is 0 Å². The van der Waals surface area contributed by atoms with E-state index >= 15 is 0 Å². The van der Waals surface area contributed by atoms with Crippen LogP contribution in [0.3, 0.4) is 0 Å². The average molecular weight is 299 g/mol. The second kappa shape index (κ2) is 8.74. The first-order chi connectivity index (χ1) is 9.87. The monoisotopic (exact) mass is 299 g/mol. The van der Waals surface area contributed by atoms with Crippen LogP contribution in [0.1, 0.15) is 66.7 Å². The highest BCUT2D eigenvalue weighted by Crippen LogP contribution is 2.26. The van der Waals surface area contributed by atoms with E-state index in [1.807, 2.05) is 13.8 Å². The van der Waals surface area contributed by atoms with Crippen molar-refractivity contribution in [2.75, 3.05) is 13.2 Å². The Kier molecular flexibility index (Phi) is 7.67. The van der Waals surface area contributed by atoms with Gasteiger partial charge in [-0.2, -0.15) is 0 Å². The molecule has 1 aliphatic carbocycles. The van der Waals surface area contributed by atoms with Gasteiger partial charge in [0.15, 0.2) is 0 Å². The van der Waals surface area contributed by atoms with Crippen molar-refractivity contribution < 1.29 is 14.3 Å². The smallest absolute Gasteiger partial charge is 0.326 e. The fraction of sp³-hybridized carbons (Fsp3) is 0.941. The lowest BCUT2D eigenvalue weighted by atomic mass is 9.95. The molecule has 4 nitrogen and oxygen atoms in total. The predicted octanol–water partition coefficient (Wildman–Crippen LogP) is 3.29. The summed E-state index contributed by atoms with van der Waals surface area (Å²) in [6, 6.07) is 0.486. The molecular formula is C17H33NO3. The van der Waals surface area contributed by atoms with E-state index in [0.29, 0.717) is 25.2 Å². The largest absolute Gasteiger partial charge is 0.465 e. The lowest BCUT2D eigenvalue weighted by molar-refractivity contribution is -0.151. The van der Waals surface area contributed by atoms with Gasteiger partial charge in [-0.3, -0.25) is 10.1 Å². The molecule has 1 N–H and O–H groups in total. The van der Waals surface area contributed by atoms with Gasteiger partial charge in [0.25, 0.3) is 0 Å². The first kappa shape index (κ1) is 18.4.